The molecule has 1 aromatic rings. The van der Waals surface area contributed by atoms with Crippen molar-refractivity contribution in [3.05, 3.63) is 23.9 Å². The van der Waals surface area contributed by atoms with Crippen molar-refractivity contribution in [3.63, 3.8) is 0 Å². The molecule has 2 heterocycles. The van der Waals surface area contributed by atoms with Crippen LogP contribution < -0.4 is 4.90 Å². The molecule has 3 fully saturated rings. The zero-order valence-electron chi connectivity index (χ0n) is 16.7. The van der Waals surface area contributed by atoms with Crippen LogP contribution in [-0.2, 0) is 0 Å². The standard InChI is InChI=1S/C22H33N3O2/c1-22(2)10-4-5-16-15-17(8-9-18(16)22)19-6-3-7-20(23-19)24-11-13-25(14-12-24)21(26)27/h3,6-7,16-18H,4-5,8-15H2,1-2H3,(H,26,27). The van der Waals surface area contributed by atoms with E-state index in [-0.39, 0.29) is 0 Å². The number of fused-ring (bicyclic) bond motifs is 1. The number of nitrogens with zero attached hydrogens (tertiary/aromatic N) is 3. The maximum atomic E-state index is 11.1. The average molecular weight is 372 g/mol. The van der Waals surface area contributed by atoms with Gasteiger partial charge in [0.25, 0.3) is 0 Å². The topological polar surface area (TPSA) is 56.7 Å². The van der Waals surface area contributed by atoms with E-state index in [2.05, 4.69) is 36.9 Å². The summed E-state index contributed by atoms with van der Waals surface area (Å²) in [6, 6.07) is 6.42. The van der Waals surface area contributed by atoms with E-state index in [4.69, 9.17) is 10.1 Å². The van der Waals surface area contributed by atoms with E-state index in [9.17, 15) is 4.79 Å². The maximum absolute atomic E-state index is 11.1. The molecule has 1 aliphatic heterocycles. The average Bonchev–Trinajstić information content (AvgIpc) is 2.67. The van der Waals surface area contributed by atoms with Gasteiger partial charge in [0.05, 0.1) is 0 Å². The van der Waals surface area contributed by atoms with Crippen molar-refractivity contribution < 1.29 is 9.90 Å². The number of hydrogen-bond donors (Lipinski definition) is 1. The Labute approximate surface area is 162 Å². The predicted octanol–water partition coefficient (Wildman–Crippen LogP) is 4.59. The van der Waals surface area contributed by atoms with Gasteiger partial charge in [0.15, 0.2) is 0 Å². The van der Waals surface area contributed by atoms with Crippen LogP contribution in [0.25, 0.3) is 0 Å². The second-order valence-corrected chi connectivity index (χ2v) is 9.43. The minimum absolute atomic E-state index is 0.507. The van der Waals surface area contributed by atoms with Crippen molar-refractivity contribution in [2.24, 2.45) is 17.3 Å². The molecule has 1 saturated heterocycles. The first kappa shape index (κ1) is 18.6. The number of carbonyl (C=O) groups is 1. The summed E-state index contributed by atoms with van der Waals surface area (Å²) in [6.45, 7) is 7.52. The molecule has 0 spiro atoms. The highest BCUT2D eigenvalue weighted by molar-refractivity contribution is 5.65. The first-order valence-electron chi connectivity index (χ1n) is 10.6. The molecule has 5 nitrogen and oxygen atoms in total. The summed E-state index contributed by atoms with van der Waals surface area (Å²) in [5.74, 6) is 3.34. The SMILES string of the molecule is CC1(C)CCCC2CC(c3cccc(N4CCN(C(=O)O)CC4)n3)CCC21. The van der Waals surface area contributed by atoms with E-state index in [1.54, 1.807) is 0 Å². The number of pyridine rings is 1. The lowest BCUT2D eigenvalue weighted by atomic mass is 9.57. The van der Waals surface area contributed by atoms with Gasteiger partial charge in [0, 0.05) is 37.8 Å². The highest BCUT2D eigenvalue weighted by Crippen LogP contribution is 2.53. The summed E-state index contributed by atoms with van der Waals surface area (Å²) >= 11 is 0. The lowest BCUT2D eigenvalue weighted by molar-refractivity contribution is 0.0326. The van der Waals surface area contributed by atoms with Crippen molar-refractivity contribution >= 4 is 11.9 Å². The monoisotopic (exact) mass is 371 g/mol. The van der Waals surface area contributed by atoms with Crippen LogP contribution in [0.4, 0.5) is 10.6 Å². The fourth-order valence-electron chi connectivity index (χ4n) is 5.86. The Morgan fingerprint density at radius 1 is 1.15 bits per heavy atom. The van der Waals surface area contributed by atoms with Gasteiger partial charge in [-0.3, -0.25) is 0 Å². The molecular formula is C22H33N3O2. The first-order chi connectivity index (χ1) is 12.9. The molecule has 1 amide bonds. The van der Waals surface area contributed by atoms with Gasteiger partial charge in [-0.2, -0.15) is 0 Å². The number of anilines is 1. The quantitative estimate of drug-likeness (QED) is 0.826. The van der Waals surface area contributed by atoms with Gasteiger partial charge in [-0.1, -0.05) is 32.8 Å². The van der Waals surface area contributed by atoms with E-state index < -0.39 is 6.09 Å². The third-order valence-electron chi connectivity index (χ3n) is 7.43. The normalized spacial score (nSPS) is 30.7. The Morgan fingerprint density at radius 2 is 1.93 bits per heavy atom. The smallest absolute Gasteiger partial charge is 0.407 e. The van der Waals surface area contributed by atoms with E-state index in [0.717, 1.165) is 30.7 Å². The molecule has 0 radical (unpaired) electrons. The van der Waals surface area contributed by atoms with Crippen LogP contribution in [0.3, 0.4) is 0 Å². The molecule has 5 heteroatoms. The molecular weight excluding hydrogens is 338 g/mol. The van der Waals surface area contributed by atoms with Gasteiger partial charge in [-0.05, 0) is 55.1 Å². The van der Waals surface area contributed by atoms with Crippen molar-refractivity contribution in [3.8, 4) is 0 Å². The summed E-state index contributed by atoms with van der Waals surface area (Å²) in [6.07, 6.45) is 7.22. The highest BCUT2D eigenvalue weighted by atomic mass is 16.4. The van der Waals surface area contributed by atoms with Crippen molar-refractivity contribution in [1.82, 2.24) is 9.88 Å². The summed E-state index contributed by atoms with van der Waals surface area (Å²) < 4.78 is 0. The summed E-state index contributed by atoms with van der Waals surface area (Å²) in [5, 5.41) is 9.13. The van der Waals surface area contributed by atoms with Crippen molar-refractivity contribution in [2.75, 3.05) is 31.1 Å². The minimum Gasteiger partial charge on any atom is -0.465 e. The summed E-state index contributed by atoms with van der Waals surface area (Å²) in [4.78, 5) is 19.9. The Bertz CT molecular complexity index is 682. The Balaban J connectivity index is 1.43. The Morgan fingerprint density at radius 3 is 2.67 bits per heavy atom. The van der Waals surface area contributed by atoms with Crippen LogP contribution in [0, 0.1) is 17.3 Å². The van der Waals surface area contributed by atoms with Crippen LogP contribution in [-0.4, -0.2) is 47.3 Å². The van der Waals surface area contributed by atoms with E-state index in [0.29, 0.717) is 24.4 Å². The molecule has 0 bridgehead atoms. The molecule has 27 heavy (non-hydrogen) atoms. The van der Waals surface area contributed by atoms with E-state index >= 15 is 0 Å². The summed E-state index contributed by atoms with van der Waals surface area (Å²) in [7, 11) is 0. The molecule has 2 saturated carbocycles. The predicted molar refractivity (Wildman–Crippen MR) is 107 cm³/mol. The zero-order valence-corrected chi connectivity index (χ0v) is 16.7. The highest BCUT2D eigenvalue weighted by Gasteiger charge is 2.42. The van der Waals surface area contributed by atoms with Crippen LogP contribution in [0.5, 0.6) is 0 Å². The third-order valence-corrected chi connectivity index (χ3v) is 7.43. The van der Waals surface area contributed by atoms with E-state index in [1.165, 1.54) is 49.1 Å². The second kappa shape index (κ2) is 7.33. The lowest BCUT2D eigenvalue weighted by Crippen LogP contribution is -2.48. The zero-order chi connectivity index (χ0) is 19.0. The number of hydrogen-bond acceptors (Lipinski definition) is 3. The van der Waals surface area contributed by atoms with Gasteiger partial charge in [0.1, 0.15) is 5.82 Å². The molecule has 1 N–H and O–H groups in total. The molecule has 0 aromatic carbocycles. The molecule has 2 aliphatic carbocycles. The van der Waals surface area contributed by atoms with Gasteiger partial charge < -0.3 is 14.9 Å². The number of aromatic nitrogens is 1. The van der Waals surface area contributed by atoms with Crippen molar-refractivity contribution in [2.45, 2.75) is 58.3 Å². The molecule has 1 aromatic heterocycles. The largest absolute Gasteiger partial charge is 0.465 e. The second-order valence-electron chi connectivity index (χ2n) is 9.43. The van der Waals surface area contributed by atoms with Crippen LogP contribution in [0.2, 0.25) is 0 Å². The third kappa shape index (κ3) is 3.78. The number of amides is 1. The molecule has 3 atom stereocenters. The number of piperazine rings is 1. The Hall–Kier alpha value is -1.78. The maximum Gasteiger partial charge on any atom is 0.407 e. The van der Waals surface area contributed by atoms with Crippen LogP contribution in [0.1, 0.15) is 64.0 Å². The first-order valence-corrected chi connectivity index (χ1v) is 10.6. The van der Waals surface area contributed by atoms with Crippen LogP contribution >= 0.6 is 0 Å². The van der Waals surface area contributed by atoms with Crippen molar-refractivity contribution in [1.29, 1.82) is 0 Å². The van der Waals surface area contributed by atoms with Gasteiger partial charge in [0.2, 0.25) is 0 Å². The van der Waals surface area contributed by atoms with Gasteiger partial charge in [-0.25, -0.2) is 9.78 Å². The Kier molecular flexibility index (Phi) is 5.04. The fraction of sp³-hybridized carbons (Fsp3) is 0.727. The molecule has 148 valence electrons. The molecule has 3 aliphatic rings. The lowest BCUT2D eigenvalue weighted by Gasteiger charge is -2.48. The number of carboxylic acid groups (broad SMARTS) is 1. The van der Waals surface area contributed by atoms with Gasteiger partial charge in [-0.15, -0.1) is 0 Å². The minimum atomic E-state index is -0.816. The van der Waals surface area contributed by atoms with Gasteiger partial charge >= 0.3 is 6.09 Å². The molecule has 3 unspecified atom stereocenters. The van der Waals surface area contributed by atoms with Crippen LogP contribution in [0.15, 0.2) is 18.2 Å². The van der Waals surface area contributed by atoms with E-state index in [1.807, 2.05) is 0 Å². The summed E-state index contributed by atoms with van der Waals surface area (Å²) in [5.41, 5.74) is 1.75. The fourth-order valence-corrected chi connectivity index (χ4v) is 5.86. The molecule has 4 rings (SSSR count). The number of rotatable bonds is 2.